The van der Waals surface area contributed by atoms with Crippen molar-refractivity contribution in [3.63, 3.8) is 0 Å². The van der Waals surface area contributed by atoms with Gasteiger partial charge in [-0.3, -0.25) is 4.98 Å². The topological polar surface area (TPSA) is 57.0 Å². The molecule has 10 rings (SSSR count). The first-order valence-electron chi connectivity index (χ1n) is 19.9. The Hall–Kier alpha value is -5.27. The number of hydrogen-bond acceptors (Lipinski definition) is 4. The van der Waals surface area contributed by atoms with Crippen LogP contribution in [0.5, 0.6) is 0 Å². The number of aryl methyl sites for hydroxylation is 3. The van der Waals surface area contributed by atoms with Crippen LogP contribution in [0.15, 0.2) is 124 Å². The molecule has 6 aromatic carbocycles. The molecule has 0 radical (unpaired) electrons. The van der Waals surface area contributed by atoms with Crippen LogP contribution < -0.4 is 4.40 Å². The second kappa shape index (κ2) is 15.5. The first-order valence-corrected chi connectivity index (χ1v) is 26.8. The molecule has 0 bridgehead atoms. The Balaban J connectivity index is 0.000000197. The van der Waals surface area contributed by atoms with Crippen molar-refractivity contribution in [3.8, 4) is 28.2 Å². The number of imidazole rings is 1. The summed E-state index contributed by atoms with van der Waals surface area (Å²) in [5.41, 5.74) is 13.3. The largest absolute Gasteiger partial charge is 3.00 e. The van der Waals surface area contributed by atoms with Crippen LogP contribution in [-0.2, 0) is 20.1 Å². The Morgan fingerprint density at radius 2 is 1.48 bits per heavy atom. The van der Waals surface area contributed by atoms with Crippen molar-refractivity contribution in [3.05, 3.63) is 156 Å². The summed E-state index contributed by atoms with van der Waals surface area (Å²) in [7, 11) is 0. The zero-order valence-electron chi connectivity index (χ0n) is 35.0. The van der Waals surface area contributed by atoms with Crippen molar-refractivity contribution in [1.29, 1.82) is 0 Å². The zero-order valence-corrected chi connectivity index (χ0v) is 38.5. The summed E-state index contributed by atoms with van der Waals surface area (Å²) in [6.07, 6.45) is 0. The molecule has 4 heterocycles. The number of rotatable bonds is 5. The number of hydrogen-bond donors (Lipinski definition) is 0. The van der Waals surface area contributed by atoms with Crippen LogP contribution >= 0.6 is 0 Å². The van der Waals surface area contributed by atoms with Crippen LogP contribution in [-0.4, -0.2) is 27.8 Å². The van der Waals surface area contributed by atoms with Crippen molar-refractivity contribution in [2.75, 3.05) is 0 Å². The molecule has 7 heteroatoms. The van der Waals surface area contributed by atoms with Crippen LogP contribution in [0.1, 0.15) is 43.5 Å². The van der Waals surface area contributed by atoms with Gasteiger partial charge in [-0.2, -0.15) is 0 Å². The van der Waals surface area contributed by atoms with Crippen LogP contribution in [0.25, 0.3) is 83.2 Å². The molecule has 4 aromatic heterocycles. The maximum atomic E-state index is 8.46. The van der Waals surface area contributed by atoms with Gasteiger partial charge in [0.05, 0.1) is 22.4 Å². The number of furan rings is 2. The first kappa shape index (κ1) is 38.3. The van der Waals surface area contributed by atoms with Gasteiger partial charge in [0.25, 0.3) is 0 Å². The summed E-state index contributed by atoms with van der Waals surface area (Å²) >= 11 is -1.99. The maximum Gasteiger partial charge on any atom is 3.00 e. The standard InChI is InChI=1S/C33H22N3O2.C18H22Ge.Ir/c1-18-17-25-21-9-4-7-14-28(21)37-30(25)20(3)29(18)36-27-13-6-5-12-26(27)35-32(36)24-11-8-10-22-23-16-15-19(2)34-33(23)38-31(22)24;1-14(2)17-13-16(15-9-7-6-8-10-15)11-12-18(17)19(3,4)5;/h4-10,12-17H,1-3H3;6-9,12-14H,1-5H3;/q-1;-2;+3/i;14D;. The predicted octanol–water partition coefficient (Wildman–Crippen LogP) is 13.2. The first-order chi connectivity index (χ1) is 27.8. The van der Waals surface area contributed by atoms with Crippen molar-refractivity contribution >= 4 is 72.7 Å². The van der Waals surface area contributed by atoms with Crippen molar-refractivity contribution < 1.29 is 30.3 Å². The van der Waals surface area contributed by atoms with Crippen molar-refractivity contribution in [2.45, 2.75) is 57.8 Å². The molecule has 0 saturated carbocycles. The molecule has 5 nitrogen and oxygen atoms in total. The average Bonchev–Trinajstić information content (AvgIpc) is 3.89. The van der Waals surface area contributed by atoms with Gasteiger partial charge in [-0.25, -0.2) is 4.98 Å². The van der Waals surface area contributed by atoms with E-state index in [0.29, 0.717) is 5.71 Å². The van der Waals surface area contributed by atoms with Gasteiger partial charge >= 0.3 is 141 Å². The third kappa shape index (κ3) is 6.91. The molecule has 0 aliphatic rings. The third-order valence-corrected chi connectivity index (χ3v) is 15.1. The van der Waals surface area contributed by atoms with E-state index in [9.17, 15) is 0 Å². The van der Waals surface area contributed by atoms with Gasteiger partial charge < -0.3 is 13.4 Å². The number of nitrogens with zero attached hydrogens (tertiary/aromatic N) is 3. The molecule has 0 aliphatic heterocycles. The Morgan fingerprint density at radius 1 is 0.707 bits per heavy atom. The van der Waals surface area contributed by atoms with Gasteiger partial charge in [-0.15, -0.1) is 18.2 Å². The summed E-state index contributed by atoms with van der Waals surface area (Å²) in [6, 6.07) is 49.0. The third-order valence-electron chi connectivity index (χ3n) is 10.8. The SMILES string of the molecule is Cc1ccc2c(n1)oc1c(-c3nc4ccccc4n3-c3c(C)cc4c(oc5ccccc54)c3C)[c-]ccc12.[2H]C(C)(C)c1cc(-c2[c-]cccc2)[c-]c[c]1[Ge]([CH3])([CH3])[CH3].[Ir+3]. The molecule has 10 aromatic rings. The molecule has 0 saturated heterocycles. The van der Waals surface area contributed by atoms with Gasteiger partial charge in [-0.1, -0.05) is 41.3 Å². The van der Waals surface area contributed by atoms with E-state index in [4.69, 9.17) is 15.2 Å². The van der Waals surface area contributed by atoms with E-state index in [1.165, 1.54) is 4.40 Å². The van der Waals surface area contributed by atoms with Crippen molar-refractivity contribution in [2.24, 2.45) is 0 Å². The number of benzene rings is 6. The fraction of sp³-hybridized carbons (Fsp3) is 0.176. The molecule has 0 atom stereocenters. The molecule has 0 fully saturated rings. The summed E-state index contributed by atoms with van der Waals surface area (Å²) in [5, 5.41) is 4.23. The number of para-hydroxylation sites is 3. The molecule has 0 unspecified atom stereocenters. The van der Waals surface area contributed by atoms with Crippen LogP contribution in [0, 0.1) is 39.0 Å². The maximum absolute atomic E-state index is 8.46. The summed E-state index contributed by atoms with van der Waals surface area (Å²) < 4.78 is 24.8. The molecule has 288 valence electrons. The van der Waals surface area contributed by atoms with E-state index in [-0.39, 0.29) is 20.1 Å². The monoisotopic (exact) mass is 998 g/mol. The molecule has 0 spiro atoms. The number of aromatic nitrogens is 3. The molecule has 58 heavy (non-hydrogen) atoms. The fourth-order valence-electron chi connectivity index (χ4n) is 8.06. The normalized spacial score (nSPS) is 12.2. The minimum atomic E-state index is -1.99. The number of pyridine rings is 1. The minimum absolute atomic E-state index is 0. The van der Waals surface area contributed by atoms with Crippen molar-refractivity contribution in [1.82, 2.24) is 14.5 Å². The molecular weight excluding hydrogens is 951 g/mol. The Labute approximate surface area is 357 Å². The van der Waals surface area contributed by atoms with Crippen LogP contribution in [0.4, 0.5) is 0 Å². The molecule has 0 N–H and O–H groups in total. The van der Waals surface area contributed by atoms with Crippen LogP contribution in [0.3, 0.4) is 0 Å². The van der Waals surface area contributed by atoms with Gasteiger partial charge in [0.15, 0.2) is 0 Å². The second-order valence-corrected chi connectivity index (χ2v) is 26.7. The van der Waals surface area contributed by atoms with E-state index < -0.39 is 19.2 Å². The van der Waals surface area contributed by atoms with E-state index in [0.717, 1.165) is 99.9 Å². The van der Waals surface area contributed by atoms with Crippen LogP contribution in [0.2, 0.25) is 17.3 Å². The Morgan fingerprint density at radius 3 is 2.26 bits per heavy atom. The molecule has 0 aliphatic carbocycles. The minimum Gasteiger partial charge on any atom is 3.00 e. The smallest absolute Gasteiger partial charge is 3.00 e. The van der Waals surface area contributed by atoms with E-state index in [2.05, 4.69) is 101 Å². The van der Waals surface area contributed by atoms with Gasteiger partial charge in [0.2, 0.25) is 5.71 Å². The molecular formula is C51H44GeIrN3O2. The van der Waals surface area contributed by atoms with Gasteiger partial charge in [0.1, 0.15) is 11.2 Å². The summed E-state index contributed by atoms with van der Waals surface area (Å²) in [4.78, 5) is 9.76. The zero-order chi connectivity index (χ0) is 40.5. The summed E-state index contributed by atoms with van der Waals surface area (Å²) in [5.74, 6) is 7.30. The molecule has 0 amide bonds. The fourth-order valence-corrected chi connectivity index (χ4v) is 11.5. The second-order valence-electron chi connectivity index (χ2n) is 16.1. The predicted molar refractivity (Wildman–Crippen MR) is 239 cm³/mol. The van der Waals surface area contributed by atoms with E-state index in [1.807, 2.05) is 93.6 Å². The quantitative estimate of drug-likeness (QED) is 0.127. The van der Waals surface area contributed by atoms with Gasteiger partial charge in [0, 0.05) is 33.1 Å². The summed E-state index contributed by atoms with van der Waals surface area (Å²) in [6.45, 7) is 10.2. The van der Waals surface area contributed by atoms with E-state index in [1.54, 1.807) is 0 Å². The average molecular weight is 997 g/mol. The Bertz CT molecular complexity index is 3190. The Kier molecular flexibility index (Phi) is 10.2. The van der Waals surface area contributed by atoms with Gasteiger partial charge in [-0.05, 0) is 62.7 Å². The van der Waals surface area contributed by atoms with E-state index >= 15 is 0 Å². The number of fused-ring (bicyclic) bond motifs is 7.